The Morgan fingerprint density at radius 2 is 1.88 bits per heavy atom. The zero-order valence-electron chi connectivity index (χ0n) is 11.1. The van der Waals surface area contributed by atoms with E-state index >= 15 is 0 Å². The zero-order chi connectivity index (χ0) is 13.3. The minimum Gasteiger partial charge on any atom is -0.426 e. The van der Waals surface area contributed by atoms with Crippen molar-refractivity contribution in [3.8, 4) is 0 Å². The van der Waals surface area contributed by atoms with Crippen LogP contribution in [0.3, 0.4) is 0 Å². The fraction of sp³-hybridized carbons (Fsp3) is 0.692. The molecular formula is C13H22O4. The molecule has 0 saturated heterocycles. The SMILES string of the molecule is CCC(C)/C=C/CCC(=O)OC(C)OC(C)=O. The number of carbonyl (C=O) groups excluding carboxylic acids is 2. The van der Waals surface area contributed by atoms with Crippen molar-refractivity contribution in [2.75, 3.05) is 0 Å². The van der Waals surface area contributed by atoms with Gasteiger partial charge in [0.15, 0.2) is 0 Å². The quantitative estimate of drug-likeness (QED) is 0.391. The first-order valence-corrected chi connectivity index (χ1v) is 5.99. The van der Waals surface area contributed by atoms with Gasteiger partial charge in [-0.1, -0.05) is 32.4 Å². The molecule has 0 aliphatic rings. The first-order chi connectivity index (χ1) is 7.95. The van der Waals surface area contributed by atoms with Gasteiger partial charge >= 0.3 is 11.9 Å². The summed E-state index contributed by atoms with van der Waals surface area (Å²) in [6.07, 6.45) is 5.30. The molecule has 0 N–H and O–H groups in total. The topological polar surface area (TPSA) is 52.6 Å². The van der Waals surface area contributed by atoms with Crippen LogP contribution in [0.2, 0.25) is 0 Å². The van der Waals surface area contributed by atoms with Crippen molar-refractivity contribution in [1.82, 2.24) is 0 Å². The summed E-state index contributed by atoms with van der Waals surface area (Å²) in [6.45, 7) is 7.04. The molecule has 0 heterocycles. The molecule has 4 nitrogen and oxygen atoms in total. The van der Waals surface area contributed by atoms with Gasteiger partial charge in [0.1, 0.15) is 0 Å². The van der Waals surface area contributed by atoms with Crippen LogP contribution < -0.4 is 0 Å². The van der Waals surface area contributed by atoms with Gasteiger partial charge in [0.05, 0.1) is 0 Å². The van der Waals surface area contributed by atoms with Gasteiger partial charge in [-0.15, -0.1) is 0 Å². The molecule has 4 heteroatoms. The molecule has 17 heavy (non-hydrogen) atoms. The first-order valence-electron chi connectivity index (χ1n) is 5.99. The third-order valence-corrected chi connectivity index (χ3v) is 2.25. The van der Waals surface area contributed by atoms with E-state index in [4.69, 9.17) is 4.74 Å². The highest BCUT2D eigenvalue weighted by molar-refractivity contribution is 5.70. The van der Waals surface area contributed by atoms with Gasteiger partial charge in [-0.25, -0.2) is 0 Å². The molecule has 0 aromatic heterocycles. The van der Waals surface area contributed by atoms with Crippen molar-refractivity contribution in [3.05, 3.63) is 12.2 Å². The van der Waals surface area contributed by atoms with E-state index in [1.165, 1.54) is 13.8 Å². The molecule has 98 valence electrons. The van der Waals surface area contributed by atoms with Gasteiger partial charge in [0.2, 0.25) is 6.29 Å². The fourth-order valence-electron chi connectivity index (χ4n) is 1.17. The highest BCUT2D eigenvalue weighted by atomic mass is 16.7. The largest absolute Gasteiger partial charge is 0.426 e. The predicted octanol–water partition coefficient (Wildman–Crippen LogP) is 2.82. The molecule has 0 radical (unpaired) electrons. The van der Waals surface area contributed by atoms with Crippen LogP contribution in [0.15, 0.2) is 12.2 Å². The molecule has 0 spiro atoms. The average Bonchev–Trinajstić information content (AvgIpc) is 2.22. The maximum atomic E-state index is 11.3. The van der Waals surface area contributed by atoms with E-state index in [1.807, 2.05) is 6.08 Å². The first kappa shape index (κ1) is 15.7. The van der Waals surface area contributed by atoms with Crippen LogP contribution in [0.5, 0.6) is 0 Å². The third-order valence-electron chi connectivity index (χ3n) is 2.25. The van der Waals surface area contributed by atoms with E-state index in [0.29, 0.717) is 18.8 Å². The number of allylic oxidation sites excluding steroid dienone is 2. The lowest BCUT2D eigenvalue weighted by molar-refractivity contribution is -0.182. The second-order valence-electron chi connectivity index (χ2n) is 4.02. The van der Waals surface area contributed by atoms with Crippen LogP contribution in [0.25, 0.3) is 0 Å². The highest BCUT2D eigenvalue weighted by Crippen LogP contribution is 2.05. The van der Waals surface area contributed by atoms with Gasteiger partial charge in [-0.3, -0.25) is 9.59 Å². The Morgan fingerprint density at radius 3 is 2.41 bits per heavy atom. The molecule has 2 atom stereocenters. The minimum atomic E-state index is -0.807. The molecule has 0 amide bonds. The Morgan fingerprint density at radius 1 is 1.24 bits per heavy atom. The maximum absolute atomic E-state index is 11.3. The van der Waals surface area contributed by atoms with Crippen LogP contribution in [0.1, 0.15) is 47.0 Å². The van der Waals surface area contributed by atoms with Crippen LogP contribution in [0, 0.1) is 5.92 Å². The number of rotatable bonds is 7. The van der Waals surface area contributed by atoms with Crippen molar-refractivity contribution in [3.63, 3.8) is 0 Å². The Labute approximate surface area is 103 Å². The van der Waals surface area contributed by atoms with Gasteiger partial charge in [-0.2, -0.15) is 0 Å². The van der Waals surface area contributed by atoms with E-state index in [0.717, 1.165) is 6.42 Å². The van der Waals surface area contributed by atoms with Gasteiger partial charge < -0.3 is 9.47 Å². The summed E-state index contributed by atoms with van der Waals surface area (Å²) in [5.41, 5.74) is 0. The Bertz CT molecular complexity index is 271. The average molecular weight is 242 g/mol. The minimum absolute atomic E-state index is 0.304. The van der Waals surface area contributed by atoms with E-state index in [-0.39, 0.29) is 5.97 Å². The molecule has 0 aliphatic heterocycles. The monoisotopic (exact) mass is 242 g/mol. The third kappa shape index (κ3) is 9.60. The molecule has 0 fully saturated rings. The van der Waals surface area contributed by atoms with Crippen LogP contribution >= 0.6 is 0 Å². The van der Waals surface area contributed by atoms with E-state index < -0.39 is 12.3 Å². The smallest absolute Gasteiger partial charge is 0.309 e. The molecular weight excluding hydrogens is 220 g/mol. The molecule has 0 aromatic carbocycles. The number of hydrogen-bond acceptors (Lipinski definition) is 4. The molecule has 0 bridgehead atoms. The standard InChI is InChI=1S/C13H22O4/c1-5-10(2)8-6-7-9-13(15)17-12(4)16-11(3)14/h6,8,10,12H,5,7,9H2,1-4H3/b8-6+. The lowest BCUT2D eigenvalue weighted by Crippen LogP contribution is -2.20. The molecule has 0 rings (SSSR count). The van der Waals surface area contributed by atoms with Gasteiger partial charge in [0.25, 0.3) is 0 Å². The number of hydrogen-bond donors (Lipinski definition) is 0. The summed E-state index contributed by atoms with van der Waals surface area (Å²) in [5, 5.41) is 0. The number of ether oxygens (including phenoxy) is 2. The van der Waals surface area contributed by atoms with Crippen molar-refractivity contribution in [2.24, 2.45) is 5.92 Å². The number of esters is 2. The molecule has 0 saturated carbocycles. The lowest BCUT2D eigenvalue weighted by Gasteiger charge is -2.12. The number of carbonyl (C=O) groups is 2. The van der Waals surface area contributed by atoms with Crippen LogP contribution in [0.4, 0.5) is 0 Å². The molecule has 0 aliphatic carbocycles. The summed E-state index contributed by atoms with van der Waals surface area (Å²) in [7, 11) is 0. The fourth-order valence-corrected chi connectivity index (χ4v) is 1.17. The second kappa shape index (κ2) is 8.79. The summed E-state index contributed by atoms with van der Waals surface area (Å²) in [6, 6.07) is 0. The van der Waals surface area contributed by atoms with Crippen molar-refractivity contribution in [1.29, 1.82) is 0 Å². The van der Waals surface area contributed by atoms with Crippen molar-refractivity contribution >= 4 is 11.9 Å². The van der Waals surface area contributed by atoms with Crippen LogP contribution in [-0.2, 0) is 19.1 Å². The zero-order valence-corrected chi connectivity index (χ0v) is 11.1. The summed E-state index contributed by atoms with van der Waals surface area (Å²) < 4.78 is 9.56. The Kier molecular flexibility index (Phi) is 8.11. The van der Waals surface area contributed by atoms with Gasteiger partial charge in [-0.05, 0) is 12.3 Å². The Balaban J connectivity index is 3.73. The maximum Gasteiger partial charge on any atom is 0.309 e. The predicted molar refractivity (Wildman–Crippen MR) is 65.1 cm³/mol. The highest BCUT2D eigenvalue weighted by Gasteiger charge is 2.10. The van der Waals surface area contributed by atoms with Crippen molar-refractivity contribution < 1.29 is 19.1 Å². The van der Waals surface area contributed by atoms with E-state index in [2.05, 4.69) is 24.7 Å². The van der Waals surface area contributed by atoms with E-state index in [1.54, 1.807) is 0 Å². The normalized spacial score (nSPS) is 14.4. The summed E-state index contributed by atoms with van der Waals surface area (Å²) >= 11 is 0. The molecule has 2 unspecified atom stereocenters. The molecule has 0 aromatic rings. The second-order valence-corrected chi connectivity index (χ2v) is 4.02. The Hall–Kier alpha value is -1.32. The van der Waals surface area contributed by atoms with Gasteiger partial charge in [0, 0.05) is 20.3 Å². The van der Waals surface area contributed by atoms with Crippen LogP contribution in [-0.4, -0.2) is 18.2 Å². The summed E-state index contributed by atoms with van der Waals surface area (Å²) in [5.74, 6) is -0.277. The van der Waals surface area contributed by atoms with Crippen molar-refractivity contribution in [2.45, 2.75) is 53.2 Å². The lowest BCUT2D eigenvalue weighted by atomic mass is 10.1. The van der Waals surface area contributed by atoms with E-state index in [9.17, 15) is 9.59 Å². The summed E-state index contributed by atoms with van der Waals surface area (Å²) in [4.78, 5) is 21.9.